The molecule has 210 valence electrons. The van der Waals surface area contributed by atoms with Crippen LogP contribution in [-0.2, 0) is 22.3 Å². The molecule has 2 atom stereocenters. The van der Waals surface area contributed by atoms with Gasteiger partial charge in [-0.15, -0.1) is 0 Å². The van der Waals surface area contributed by atoms with Crippen molar-refractivity contribution < 1.29 is 47.6 Å². The smallest absolute Gasteiger partial charge is 0.416 e. The highest BCUT2D eigenvalue weighted by Gasteiger charge is 2.35. The Morgan fingerprint density at radius 1 is 0.946 bits per heavy atom. The maximum atomic E-state index is 13.5. The standard InChI is InChI=1S/C21H30F4N2.C4H6O6/c22-18-8-7-17(20(13-18)21(23,24)25)15-27(19-9-11-26-12-10-19)14-16-5-3-1-2-4-6-16;5-1(3(7)8)2(6)4(9)10/h7-8,13,16,19,26H,1-6,9-12,14-15H2;1-2,5-6H,(H,7,8)(H,9,10). The number of hydrogen-bond acceptors (Lipinski definition) is 6. The molecule has 2 fully saturated rings. The van der Waals surface area contributed by atoms with E-state index in [-0.39, 0.29) is 12.1 Å². The fraction of sp³-hybridized carbons (Fsp3) is 0.680. The van der Waals surface area contributed by atoms with E-state index in [4.69, 9.17) is 20.4 Å². The summed E-state index contributed by atoms with van der Waals surface area (Å²) in [6, 6.07) is 3.40. The van der Waals surface area contributed by atoms with Crippen molar-refractivity contribution >= 4 is 11.9 Å². The summed E-state index contributed by atoms with van der Waals surface area (Å²) in [7, 11) is 0. The van der Waals surface area contributed by atoms with Gasteiger partial charge in [-0.3, -0.25) is 4.90 Å². The Labute approximate surface area is 213 Å². The summed E-state index contributed by atoms with van der Waals surface area (Å²) >= 11 is 0. The minimum atomic E-state index is -4.53. The molecule has 8 nitrogen and oxygen atoms in total. The number of nitrogens with one attached hydrogen (secondary N) is 1. The largest absolute Gasteiger partial charge is 0.479 e. The van der Waals surface area contributed by atoms with E-state index in [0.29, 0.717) is 18.0 Å². The number of aliphatic hydroxyl groups excluding tert-OH is 2. The van der Waals surface area contributed by atoms with E-state index in [1.165, 1.54) is 31.7 Å². The number of nitrogens with zero attached hydrogens (tertiary/aromatic N) is 1. The highest BCUT2D eigenvalue weighted by atomic mass is 19.4. The van der Waals surface area contributed by atoms with Crippen LogP contribution in [0.3, 0.4) is 0 Å². The van der Waals surface area contributed by atoms with Gasteiger partial charge in [-0.1, -0.05) is 31.7 Å². The summed E-state index contributed by atoms with van der Waals surface area (Å²) in [6.45, 7) is 2.90. The molecule has 1 saturated heterocycles. The van der Waals surface area contributed by atoms with Crippen LogP contribution in [0, 0.1) is 11.7 Å². The third kappa shape index (κ3) is 10.2. The fourth-order valence-electron chi connectivity index (χ4n) is 4.83. The summed E-state index contributed by atoms with van der Waals surface area (Å²) in [4.78, 5) is 21.8. The minimum absolute atomic E-state index is 0.191. The van der Waals surface area contributed by atoms with Crippen LogP contribution in [0.5, 0.6) is 0 Å². The van der Waals surface area contributed by atoms with Crippen LogP contribution in [0.4, 0.5) is 17.6 Å². The average molecular weight is 537 g/mol. The summed E-state index contributed by atoms with van der Waals surface area (Å²) in [5.41, 5.74) is -0.640. The highest BCUT2D eigenvalue weighted by molar-refractivity contribution is 5.83. The number of carboxylic acid groups (broad SMARTS) is 2. The van der Waals surface area contributed by atoms with E-state index in [1.807, 2.05) is 0 Å². The molecule has 1 aromatic carbocycles. The van der Waals surface area contributed by atoms with Gasteiger partial charge in [-0.2, -0.15) is 13.2 Å². The zero-order chi connectivity index (χ0) is 27.6. The lowest BCUT2D eigenvalue weighted by Crippen LogP contribution is -2.44. The number of halogens is 4. The maximum Gasteiger partial charge on any atom is 0.416 e. The molecular formula is C25H36F4N2O6. The predicted octanol–water partition coefficient (Wildman–Crippen LogP) is 3.25. The lowest BCUT2D eigenvalue weighted by atomic mass is 9.95. The minimum Gasteiger partial charge on any atom is -0.479 e. The number of hydrogen-bond donors (Lipinski definition) is 5. The van der Waals surface area contributed by atoms with Crippen LogP contribution in [0.25, 0.3) is 0 Å². The van der Waals surface area contributed by atoms with Crippen LogP contribution in [0.15, 0.2) is 18.2 Å². The molecule has 2 aliphatic rings. The fourth-order valence-corrected chi connectivity index (χ4v) is 4.83. The molecule has 0 bridgehead atoms. The van der Waals surface area contributed by atoms with Crippen molar-refractivity contribution in [3.8, 4) is 0 Å². The molecule has 1 saturated carbocycles. The van der Waals surface area contributed by atoms with Crippen molar-refractivity contribution in [2.75, 3.05) is 19.6 Å². The monoisotopic (exact) mass is 536 g/mol. The molecule has 1 aliphatic carbocycles. The first-order valence-electron chi connectivity index (χ1n) is 12.5. The highest BCUT2D eigenvalue weighted by Crippen LogP contribution is 2.34. The van der Waals surface area contributed by atoms with E-state index in [1.54, 1.807) is 0 Å². The number of piperidine rings is 1. The second-order valence-corrected chi connectivity index (χ2v) is 9.63. The predicted molar refractivity (Wildman–Crippen MR) is 126 cm³/mol. The number of alkyl halides is 3. The van der Waals surface area contributed by atoms with E-state index in [9.17, 15) is 27.2 Å². The second-order valence-electron chi connectivity index (χ2n) is 9.63. The van der Waals surface area contributed by atoms with E-state index in [2.05, 4.69) is 10.2 Å². The van der Waals surface area contributed by atoms with Gasteiger partial charge in [-0.25, -0.2) is 14.0 Å². The summed E-state index contributed by atoms with van der Waals surface area (Å²) in [5, 5.41) is 35.9. The number of rotatable bonds is 8. The van der Waals surface area contributed by atoms with Gasteiger partial charge in [-0.05, 0) is 62.4 Å². The third-order valence-electron chi connectivity index (χ3n) is 6.85. The Balaban J connectivity index is 0.000000410. The van der Waals surface area contributed by atoms with E-state index < -0.39 is 41.7 Å². The van der Waals surface area contributed by atoms with Crippen molar-refractivity contribution in [1.29, 1.82) is 0 Å². The van der Waals surface area contributed by atoms with Crippen LogP contribution >= 0.6 is 0 Å². The number of carbonyl (C=O) groups is 2. The second kappa shape index (κ2) is 14.6. The van der Waals surface area contributed by atoms with Gasteiger partial charge in [0.05, 0.1) is 5.56 Å². The number of carboxylic acids is 2. The van der Waals surface area contributed by atoms with Crippen LogP contribution in [0.2, 0.25) is 0 Å². The molecule has 3 rings (SSSR count). The molecule has 1 aromatic rings. The molecular weight excluding hydrogens is 500 g/mol. The quantitative estimate of drug-likeness (QED) is 0.253. The van der Waals surface area contributed by atoms with Crippen molar-refractivity contribution in [3.63, 3.8) is 0 Å². The molecule has 0 amide bonds. The molecule has 0 spiro atoms. The summed E-state index contributed by atoms with van der Waals surface area (Å²) < 4.78 is 53.8. The van der Waals surface area contributed by atoms with Gasteiger partial charge in [0.2, 0.25) is 0 Å². The zero-order valence-corrected chi connectivity index (χ0v) is 20.6. The number of aliphatic hydroxyl groups is 2. The molecule has 0 radical (unpaired) electrons. The van der Waals surface area contributed by atoms with Gasteiger partial charge < -0.3 is 25.7 Å². The molecule has 37 heavy (non-hydrogen) atoms. The van der Waals surface area contributed by atoms with Gasteiger partial charge in [0, 0.05) is 19.1 Å². The summed E-state index contributed by atoms with van der Waals surface area (Å²) in [6.07, 6.45) is 0.137. The first kappa shape index (κ1) is 30.9. The number of aliphatic carboxylic acids is 2. The Morgan fingerprint density at radius 2 is 1.49 bits per heavy atom. The lowest BCUT2D eigenvalue weighted by Gasteiger charge is -2.37. The van der Waals surface area contributed by atoms with E-state index in [0.717, 1.165) is 51.4 Å². The van der Waals surface area contributed by atoms with Crippen molar-refractivity contribution in [3.05, 3.63) is 35.1 Å². The third-order valence-corrected chi connectivity index (χ3v) is 6.85. The average Bonchev–Trinajstić information content (AvgIpc) is 3.12. The first-order chi connectivity index (χ1) is 17.4. The molecule has 1 heterocycles. The SMILES string of the molecule is Fc1ccc(CN(CC2CCCCCC2)C2CCNCC2)c(C(F)(F)F)c1.O=C(O)C(O)C(O)C(=O)O. The Hall–Kier alpha value is -2.28. The maximum absolute atomic E-state index is 13.5. The van der Waals surface area contributed by atoms with Crippen molar-refractivity contribution in [2.45, 2.75) is 82.3 Å². The van der Waals surface area contributed by atoms with Crippen molar-refractivity contribution in [1.82, 2.24) is 10.2 Å². The van der Waals surface area contributed by atoms with Gasteiger partial charge in [0.1, 0.15) is 5.82 Å². The lowest BCUT2D eigenvalue weighted by molar-refractivity contribution is -0.165. The van der Waals surface area contributed by atoms with Crippen molar-refractivity contribution in [2.24, 2.45) is 5.92 Å². The summed E-state index contributed by atoms with van der Waals surface area (Å²) in [5.74, 6) is -3.81. The zero-order valence-electron chi connectivity index (χ0n) is 20.6. The van der Waals surface area contributed by atoms with Crippen LogP contribution in [-0.4, -0.2) is 75.1 Å². The van der Waals surface area contributed by atoms with Gasteiger partial charge >= 0.3 is 18.1 Å². The Bertz CT molecular complexity index is 853. The van der Waals surface area contributed by atoms with Crippen LogP contribution < -0.4 is 5.32 Å². The molecule has 1 aliphatic heterocycles. The Morgan fingerprint density at radius 3 is 1.97 bits per heavy atom. The van der Waals surface area contributed by atoms with Gasteiger partial charge in [0.15, 0.2) is 12.2 Å². The molecule has 2 unspecified atom stereocenters. The molecule has 12 heteroatoms. The normalized spacial score (nSPS) is 19.4. The topological polar surface area (TPSA) is 130 Å². The first-order valence-corrected chi connectivity index (χ1v) is 12.5. The number of benzene rings is 1. The van der Waals surface area contributed by atoms with Gasteiger partial charge in [0.25, 0.3) is 0 Å². The molecule has 0 aromatic heterocycles. The Kier molecular flexibility index (Phi) is 12.2. The van der Waals surface area contributed by atoms with E-state index >= 15 is 0 Å². The molecule has 5 N–H and O–H groups in total. The van der Waals surface area contributed by atoms with Crippen LogP contribution in [0.1, 0.15) is 62.5 Å².